The maximum absolute atomic E-state index is 12.8. The Kier molecular flexibility index (Phi) is 3.04. The van der Waals surface area contributed by atoms with Crippen LogP contribution in [0.4, 0.5) is 17.6 Å². The zero-order valence-corrected chi connectivity index (χ0v) is 6.69. The van der Waals surface area contributed by atoms with Gasteiger partial charge in [-0.1, -0.05) is 0 Å². The van der Waals surface area contributed by atoms with Crippen LogP contribution in [0.25, 0.3) is 0 Å². The lowest BCUT2D eigenvalue weighted by Crippen LogP contribution is -2.29. The highest BCUT2D eigenvalue weighted by molar-refractivity contribution is 5.24. The summed E-state index contributed by atoms with van der Waals surface area (Å²) in [5, 5.41) is 8.89. The number of nitrogens with one attached hydrogen (secondary N) is 1. The van der Waals surface area contributed by atoms with Crippen LogP contribution in [0.3, 0.4) is 0 Å². The van der Waals surface area contributed by atoms with Crippen molar-refractivity contribution in [3.8, 4) is 0 Å². The van der Waals surface area contributed by atoms with Crippen LogP contribution in [-0.4, -0.2) is 5.11 Å². The first-order valence-electron chi connectivity index (χ1n) is 3.46. The molecule has 1 aromatic carbocycles. The van der Waals surface area contributed by atoms with Crippen LogP contribution in [0.1, 0.15) is 11.8 Å². The maximum Gasteiger partial charge on any atom is 0.169 e. The van der Waals surface area contributed by atoms with Crippen molar-refractivity contribution in [2.45, 2.75) is 6.23 Å². The number of aliphatic hydroxyl groups excluding tert-OH is 1. The Morgan fingerprint density at radius 1 is 1.14 bits per heavy atom. The van der Waals surface area contributed by atoms with Gasteiger partial charge in [-0.2, -0.15) is 0 Å². The van der Waals surface area contributed by atoms with E-state index in [0.717, 1.165) is 0 Å². The van der Waals surface area contributed by atoms with Crippen molar-refractivity contribution in [1.29, 1.82) is 0 Å². The molecule has 0 amide bonds. The average Bonchev–Trinajstić information content (AvgIpc) is 2.15. The number of hydrogen-bond acceptors (Lipinski definition) is 3. The Morgan fingerprint density at radius 3 is 1.93 bits per heavy atom. The number of hydrogen-bond donors (Lipinski definition) is 3. The number of aliphatic hydroxyl groups is 1. The summed E-state index contributed by atoms with van der Waals surface area (Å²) in [5.74, 6) is -1.91. The Morgan fingerprint density at radius 2 is 1.57 bits per heavy atom. The normalized spacial score (nSPS) is 13.0. The molecule has 78 valence electrons. The molecule has 1 aromatic rings. The molecule has 0 bridgehead atoms. The summed E-state index contributed by atoms with van der Waals surface area (Å²) < 4.78 is 50.8. The lowest BCUT2D eigenvalue weighted by molar-refractivity contribution is 0.128. The molecular weight excluding hydrogens is 204 g/mol. The molecule has 0 radical (unpaired) electrons. The molecule has 0 fully saturated rings. The smallest absolute Gasteiger partial charge is 0.169 e. The summed E-state index contributed by atoms with van der Waals surface area (Å²) in [6.45, 7) is 0. The van der Waals surface area contributed by atoms with Crippen molar-refractivity contribution in [2.24, 2.45) is 5.84 Å². The van der Waals surface area contributed by atoms with Crippen molar-refractivity contribution in [3.05, 3.63) is 34.9 Å². The van der Waals surface area contributed by atoms with Crippen molar-refractivity contribution in [1.82, 2.24) is 5.43 Å². The summed E-state index contributed by atoms with van der Waals surface area (Å²) in [5.41, 5.74) is 0.370. The predicted octanol–water partition coefficient (Wildman–Crippen LogP) is 0.697. The number of nitrogens with two attached hydrogens (primary N) is 1. The second kappa shape index (κ2) is 3.91. The second-order valence-electron chi connectivity index (χ2n) is 2.45. The monoisotopic (exact) mass is 210 g/mol. The Bertz CT molecular complexity index is 332. The largest absolute Gasteiger partial charge is 0.373 e. The molecule has 0 saturated heterocycles. The fourth-order valence-electron chi connectivity index (χ4n) is 0.915. The number of halogens is 4. The van der Waals surface area contributed by atoms with Crippen molar-refractivity contribution >= 4 is 0 Å². The number of benzene rings is 1. The lowest BCUT2D eigenvalue weighted by Gasteiger charge is -2.12. The van der Waals surface area contributed by atoms with Gasteiger partial charge >= 0.3 is 0 Å². The van der Waals surface area contributed by atoms with Gasteiger partial charge in [0.15, 0.2) is 23.3 Å². The highest BCUT2D eigenvalue weighted by Crippen LogP contribution is 2.23. The van der Waals surface area contributed by atoms with E-state index in [1.165, 1.54) is 0 Å². The van der Waals surface area contributed by atoms with E-state index < -0.39 is 35.1 Å². The topological polar surface area (TPSA) is 58.3 Å². The SMILES string of the molecule is NNC(O)c1c(F)c(F)cc(F)c1F. The molecule has 3 nitrogen and oxygen atoms in total. The van der Waals surface area contributed by atoms with Crippen LogP contribution < -0.4 is 11.3 Å². The van der Waals surface area contributed by atoms with Crippen LogP contribution in [0.5, 0.6) is 0 Å². The summed E-state index contributed by atoms with van der Waals surface area (Å²) in [7, 11) is 0. The van der Waals surface area contributed by atoms with E-state index >= 15 is 0 Å². The highest BCUT2D eigenvalue weighted by atomic mass is 19.2. The van der Waals surface area contributed by atoms with Crippen LogP contribution >= 0.6 is 0 Å². The minimum atomic E-state index is -2.01. The first-order valence-corrected chi connectivity index (χ1v) is 3.46. The van der Waals surface area contributed by atoms with Gasteiger partial charge in [0.1, 0.15) is 6.23 Å². The lowest BCUT2D eigenvalue weighted by atomic mass is 10.1. The molecule has 0 heterocycles. The van der Waals surface area contributed by atoms with Gasteiger partial charge in [0.05, 0.1) is 5.56 Å². The minimum Gasteiger partial charge on any atom is -0.373 e. The molecule has 0 saturated carbocycles. The maximum atomic E-state index is 12.8. The molecule has 0 aromatic heterocycles. The molecule has 0 spiro atoms. The van der Waals surface area contributed by atoms with Gasteiger partial charge in [0.25, 0.3) is 0 Å². The summed E-state index contributed by atoms with van der Waals surface area (Å²) >= 11 is 0. The fraction of sp³-hybridized carbons (Fsp3) is 0.143. The quantitative estimate of drug-likeness (QED) is 0.221. The first-order chi connectivity index (χ1) is 6.49. The highest BCUT2D eigenvalue weighted by Gasteiger charge is 2.23. The van der Waals surface area contributed by atoms with Crippen LogP contribution in [-0.2, 0) is 0 Å². The number of rotatable bonds is 2. The van der Waals surface area contributed by atoms with Crippen LogP contribution in [0.2, 0.25) is 0 Å². The molecule has 1 atom stereocenters. The van der Waals surface area contributed by atoms with E-state index in [4.69, 9.17) is 5.11 Å². The Labute approximate surface area is 76.1 Å². The van der Waals surface area contributed by atoms with Gasteiger partial charge in [0, 0.05) is 6.07 Å². The average molecular weight is 210 g/mol. The predicted molar refractivity (Wildman–Crippen MR) is 38.6 cm³/mol. The third-order valence-corrected chi connectivity index (χ3v) is 1.58. The van der Waals surface area contributed by atoms with E-state index in [1.54, 1.807) is 5.43 Å². The molecule has 4 N–H and O–H groups in total. The third-order valence-electron chi connectivity index (χ3n) is 1.58. The zero-order chi connectivity index (χ0) is 10.9. The zero-order valence-electron chi connectivity index (χ0n) is 6.69. The van der Waals surface area contributed by atoms with E-state index in [2.05, 4.69) is 5.84 Å². The van der Waals surface area contributed by atoms with Gasteiger partial charge in [-0.3, -0.25) is 5.84 Å². The first kappa shape index (κ1) is 10.9. The summed E-state index contributed by atoms with van der Waals surface area (Å²) in [6, 6.07) is 0.0391. The molecular formula is C7H6F4N2O. The number of hydrazine groups is 1. The molecule has 0 aliphatic heterocycles. The standard InChI is InChI=1S/C7H6F4N2O/c8-2-1-3(9)6(11)4(5(2)10)7(14)13-12/h1,7,13-14H,12H2. The van der Waals surface area contributed by atoms with E-state index in [9.17, 15) is 17.6 Å². The second-order valence-corrected chi connectivity index (χ2v) is 2.45. The van der Waals surface area contributed by atoms with Gasteiger partial charge in [-0.05, 0) is 0 Å². The van der Waals surface area contributed by atoms with Gasteiger partial charge < -0.3 is 5.11 Å². The van der Waals surface area contributed by atoms with Gasteiger partial charge in [-0.15, -0.1) is 0 Å². The third kappa shape index (κ3) is 1.69. The van der Waals surface area contributed by atoms with Crippen molar-refractivity contribution < 1.29 is 22.7 Å². The molecule has 1 rings (SSSR count). The molecule has 7 heteroatoms. The van der Waals surface area contributed by atoms with E-state index in [1.807, 2.05) is 0 Å². The Balaban J connectivity index is 3.39. The molecule has 14 heavy (non-hydrogen) atoms. The van der Waals surface area contributed by atoms with E-state index in [-0.39, 0.29) is 6.07 Å². The van der Waals surface area contributed by atoms with Gasteiger partial charge in [0.2, 0.25) is 0 Å². The van der Waals surface area contributed by atoms with Crippen LogP contribution in [0, 0.1) is 23.3 Å². The Hall–Kier alpha value is -1.18. The molecule has 1 unspecified atom stereocenters. The van der Waals surface area contributed by atoms with Gasteiger partial charge in [-0.25, -0.2) is 23.0 Å². The molecule has 0 aliphatic carbocycles. The minimum absolute atomic E-state index is 0.0391. The van der Waals surface area contributed by atoms with Crippen molar-refractivity contribution in [3.63, 3.8) is 0 Å². The summed E-state index contributed by atoms with van der Waals surface area (Å²) in [6.07, 6.45) is -2.01. The molecule has 0 aliphatic rings. The summed E-state index contributed by atoms with van der Waals surface area (Å²) in [4.78, 5) is 0. The fourth-order valence-corrected chi connectivity index (χ4v) is 0.915. The van der Waals surface area contributed by atoms with Crippen molar-refractivity contribution in [2.75, 3.05) is 0 Å². The van der Waals surface area contributed by atoms with E-state index in [0.29, 0.717) is 0 Å². The van der Waals surface area contributed by atoms with Crippen LogP contribution in [0.15, 0.2) is 6.07 Å².